The molecule has 0 spiro atoms. The topological polar surface area (TPSA) is 256 Å². The number of imidazole rings is 2. The number of carbonyl (C=O) groups excluding carboxylic acids is 3. The van der Waals surface area contributed by atoms with Gasteiger partial charge in [0.15, 0.2) is 5.96 Å². The molecular formula is C43H57N15O6. The summed E-state index contributed by atoms with van der Waals surface area (Å²) >= 11 is 0. The van der Waals surface area contributed by atoms with Crippen LogP contribution in [-0.2, 0) is 19.6 Å². The van der Waals surface area contributed by atoms with E-state index in [1.165, 1.54) is 0 Å². The first-order valence-electron chi connectivity index (χ1n) is 21.3. The molecule has 4 aromatic heterocycles. The third-order valence-electron chi connectivity index (χ3n) is 10.9. The predicted octanol–water partition coefficient (Wildman–Crippen LogP) is 3.65. The van der Waals surface area contributed by atoms with Gasteiger partial charge in [-0.2, -0.15) is 10.2 Å². The lowest BCUT2D eigenvalue weighted by molar-refractivity contribution is 0.0994. The van der Waals surface area contributed by atoms with Crippen LogP contribution in [0.25, 0.3) is 22.1 Å². The predicted molar refractivity (Wildman–Crippen MR) is 242 cm³/mol. The maximum atomic E-state index is 13.9. The van der Waals surface area contributed by atoms with Crippen LogP contribution in [-0.4, -0.2) is 125 Å². The molecule has 7 N–H and O–H groups in total. The fraction of sp³-hybridized carbons (Fsp3) is 0.442. The highest BCUT2D eigenvalue weighted by Gasteiger charge is 2.30. The van der Waals surface area contributed by atoms with Crippen LogP contribution in [0.1, 0.15) is 93.7 Å². The number of benzene rings is 2. The Bertz CT molecular complexity index is 2730. The zero-order chi connectivity index (χ0) is 46.0. The number of aryl methyl sites for hydroxylation is 5. The first kappa shape index (κ1) is 45.0. The summed E-state index contributed by atoms with van der Waals surface area (Å²) in [5.41, 5.74) is 16.5. The molecule has 2 atom stereocenters. The molecule has 64 heavy (non-hydrogen) atoms. The maximum absolute atomic E-state index is 13.9. The summed E-state index contributed by atoms with van der Waals surface area (Å²) in [5, 5.41) is 25.2. The second kappa shape index (κ2) is 18.8. The van der Waals surface area contributed by atoms with Crippen molar-refractivity contribution in [3.63, 3.8) is 0 Å². The number of aromatic nitrogens is 8. The molecule has 21 heteroatoms. The van der Waals surface area contributed by atoms with Crippen molar-refractivity contribution < 1.29 is 29.0 Å². The molecule has 7 rings (SSSR count). The van der Waals surface area contributed by atoms with E-state index in [9.17, 15) is 19.5 Å². The van der Waals surface area contributed by atoms with E-state index < -0.39 is 18.0 Å². The average molecular weight is 880 g/mol. The Morgan fingerprint density at radius 3 is 2.09 bits per heavy atom. The van der Waals surface area contributed by atoms with Crippen LogP contribution in [0, 0.1) is 13.8 Å². The second-order valence-corrected chi connectivity index (χ2v) is 16.1. The Morgan fingerprint density at radius 2 is 1.50 bits per heavy atom. The lowest BCUT2D eigenvalue weighted by atomic mass is 10.1. The molecule has 0 fully saturated rings. The van der Waals surface area contributed by atoms with Gasteiger partial charge in [-0.25, -0.2) is 9.97 Å². The number of ether oxygens (including phenoxy) is 2. The largest absolute Gasteiger partial charge is 0.491 e. The fourth-order valence-corrected chi connectivity index (χ4v) is 8.07. The van der Waals surface area contributed by atoms with Crippen LogP contribution in [0.2, 0.25) is 0 Å². The minimum Gasteiger partial charge on any atom is -0.491 e. The van der Waals surface area contributed by atoms with E-state index in [0.29, 0.717) is 113 Å². The Kier molecular flexibility index (Phi) is 13.2. The van der Waals surface area contributed by atoms with E-state index in [1.54, 1.807) is 45.8 Å². The van der Waals surface area contributed by atoms with Crippen LogP contribution in [0.5, 0.6) is 11.5 Å². The molecule has 21 nitrogen and oxygen atoms in total. The Balaban J connectivity index is 1.23. The zero-order valence-corrected chi connectivity index (χ0v) is 37.5. The number of aliphatic hydroxyl groups excluding tert-OH is 1. The number of aliphatic imine (C=N–C) groups is 1. The Hall–Kier alpha value is -7.00. The third kappa shape index (κ3) is 9.20. The van der Waals surface area contributed by atoms with Gasteiger partial charge in [0.2, 0.25) is 17.8 Å². The van der Waals surface area contributed by atoms with Crippen LogP contribution in [0.4, 0.5) is 11.9 Å². The van der Waals surface area contributed by atoms with Crippen LogP contribution in [0.3, 0.4) is 0 Å². The molecule has 0 saturated heterocycles. The van der Waals surface area contributed by atoms with Crippen molar-refractivity contribution in [1.82, 2.24) is 48.5 Å². The molecule has 5 heterocycles. The molecule has 1 aliphatic heterocycles. The monoisotopic (exact) mass is 879 g/mol. The van der Waals surface area contributed by atoms with Gasteiger partial charge in [0.25, 0.3) is 11.8 Å². The highest BCUT2D eigenvalue weighted by molar-refractivity contribution is 6.05. The van der Waals surface area contributed by atoms with Gasteiger partial charge in [-0.15, -0.1) is 0 Å². The van der Waals surface area contributed by atoms with Gasteiger partial charge in [0.1, 0.15) is 46.8 Å². The van der Waals surface area contributed by atoms with Gasteiger partial charge in [0, 0.05) is 71.9 Å². The number of rotatable bonds is 17. The number of amides is 3. The number of guanidine groups is 1. The quantitative estimate of drug-likeness (QED) is 0.0380. The molecular weight excluding hydrogens is 823 g/mol. The summed E-state index contributed by atoms with van der Waals surface area (Å²) in [4.78, 5) is 58.5. The molecule has 0 aliphatic carbocycles. The number of hydrogen-bond acceptors (Lipinski definition) is 12. The third-order valence-corrected chi connectivity index (χ3v) is 10.9. The minimum atomic E-state index is -1.27. The van der Waals surface area contributed by atoms with Gasteiger partial charge in [-0.05, 0) is 76.9 Å². The average Bonchev–Trinajstić information content (AvgIpc) is 4.02. The number of hydrogen-bond donors (Lipinski definition) is 5. The molecule has 0 radical (unpaired) electrons. The Labute approximate surface area is 370 Å². The van der Waals surface area contributed by atoms with Gasteiger partial charge in [-0.1, -0.05) is 0 Å². The van der Waals surface area contributed by atoms with Crippen molar-refractivity contribution in [1.29, 1.82) is 0 Å². The number of aliphatic hydroxyl groups is 1. The van der Waals surface area contributed by atoms with Gasteiger partial charge < -0.3 is 45.0 Å². The maximum Gasteiger partial charge on any atom is 0.276 e. The van der Waals surface area contributed by atoms with E-state index in [2.05, 4.69) is 20.8 Å². The summed E-state index contributed by atoms with van der Waals surface area (Å²) in [7, 11) is 7.72. The smallest absolute Gasteiger partial charge is 0.276 e. The van der Waals surface area contributed by atoms with E-state index in [0.717, 1.165) is 5.96 Å². The number of nitrogens with zero attached hydrogens (tertiary/aromatic N) is 11. The van der Waals surface area contributed by atoms with E-state index in [1.807, 2.05) is 74.8 Å². The molecule has 1 aliphatic rings. The highest BCUT2D eigenvalue weighted by Crippen LogP contribution is 2.40. The number of carbonyl (C=O) groups is 3. The summed E-state index contributed by atoms with van der Waals surface area (Å²) in [6.07, 6.45) is 0.336. The Morgan fingerprint density at radius 1 is 0.891 bits per heavy atom. The number of fused-ring (bicyclic) bond motifs is 1. The van der Waals surface area contributed by atoms with Gasteiger partial charge in [0.05, 0.1) is 35.1 Å². The number of nitrogens with one attached hydrogen (secondary N) is 2. The van der Waals surface area contributed by atoms with Crippen molar-refractivity contribution in [3.05, 3.63) is 70.3 Å². The summed E-state index contributed by atoms with van der Waals surface area (Å²) < 4.78 is 19.8. The first-order chi connectivity index (χ1) is 30.6. The van der Waals surface area contributed by atoms with Crippen molar-refractivity contribution in [3.8, 4) is 11.5 Å². The molecule has 3 amide bonds. The van der Waals surface area contributed by atoms with Crippen LogP contribution < -0.4 is 31.6 Å². The zero-order valence-electron chi connectivity index (χ0n) is 37.5. The van der Waals surface area contributed by atoms with Crippen molar-refractivity contribution in [2.45, 2.75) is 78.9 Å². The van der Waals surface area contributed by atoms with Crippen molar-refractivity contribution in [2.24, 2.45) is 16.5 Å². The normalized spacial score (nSPS) is 13.8. The molecule has 6 aromatic rings. The van der Waals surface area contributed by atoms with Crippen LogP contribution in [0.15, 0.2) is 41.4 Å². The van der Waals surface area contributed by atoms with Crippen molar-refractivity contribution >= 4 is 57.6 Å². The summed E-state index contributed by atoms with van der Waals surface area (Å²) in [5.74, 6) is 0.738. The van der Waals surface area contributed by atoms with E-state index in [-0.39, 0.29) is 36.7 Å². The summed E-state index contributed by atoms with van der Waals surface area (Å²) in [6.45, 7) is 9.74. The first-order valence-corrected chi connectivity index (χ1v) is 21.3. The van der Waals surface area contributed by atoms with E-state index in [4.69, 9.17) is 35.9 Å². The van der Waals surface area contributed by atoms with Crippen molar-refractivity contribution in [2.75, 3.05) is 58.6 Å². The lowest BCUT2D eigenvalue weighted by Gasteiger charge is -2.28. The molecule has 0 bridgehead atoms. The summed E-state index contributed by atoms with van der Waals surface area (Å²) in [6, 6.07) is 9.66. The molecule has 2 aromatic carbocycles. The SMILES string of the molecule is CCn1nc(C)cc1C(=O)Nc1nc2cc(C(N)=O)cc(OCCCN=C(N(C)C)N(C)C)c2n1CCC[C@H]1COc2cc(C(N)O)cc3nc(NC(=O)c4cc(C)nn4CC)n1c23. The fourth-order valence-electron chi connectivity index (χ4n) is 8.07. The van der Waals surface area contributed by atoms with Gasteiger partial charge >= 0.3 is 0 Å². The minimum absolute atomic E-state index is 0.199. The standard InChI is InChI=1S/C43H57N15O6/c1-9-56-31(17-24(3)51-56)39(61)49-41-47-29-19-26(37(44)59)21-33(63-16-12-14-46-43(53(5)6)54(7)8)35(29)55(41)15-11-13-28-23-64-34-22-27(38(45)60)20-30-36(34)58(28)42(48-30)50-40(62)32-18-25(4)52-57(32)10-2/h17-22,28,38,60H,9-16,23,45H2,1-8H3,(H2,44,59)(H,47,49,61)(H,48,50,62)/t28-,38?/m0/s1. The highest BCUT2D eigenvalue weighted by atomic mass is 16.5. The number of anilines is 2. The number of primary amides is 1. The molecule has 1 unspecified atom stereocenters. The van der Waals surface area contributed by atoms with E-state index >= 15 is 0 Å². The molecule has 340 valence electrons. The van der Waals surface area contributed by atoms with Gasteiger partial charge in [-0.3, -0.25) is 39.4 Å². The second-order valence-electron chi connectivity index (χ2n) is 16.1. The number of nitrogens with two attached hydrogens (primary N) is 2. The lowest BCUT2D eigenvalue weighted by Crippen LogP contribution is -2.35. The van der Waals surface area contributed by atoms with Crippen LogP contribution >= 0.6 is 0 Å². The molecule has 0 saturated carbocycles.